The molecular weight excluding hydrogens is 270 g/mol. The van der Waals surface area contributed by atoms with Crippen molar-refractivity contribution in [1.29, 1.82) is 0 Å². The lowest BCUT2D eigenvalue weighted by molar-refractivity contribution is -0.699. The molecule has 1 aliphatic carbocycles. The maximum Gasteiger partial charge on any atom is 0.343 e. The van der Waals surface area contributed by atoms with Gasteiger partial charge in [-0.3, -0.25) is 16.0 Å². The van der Waals surface area contributed by atoms with Gasteiger partial charge < -0.3 is 29.5 Å². The van der Waals surface area contributed by atoms with Gasteiger partial charge in [-0.1, -0.05) is 0 Å². The zero-order valence-corrected chi connectivity index (χ0v) is 10.6. The van der Waals surface area contributed by atoms with Crippen LogP contribution >= 0.6 is 0 Å². The van der Waals surface area contributed by atoms with Crippen LogP contribution in [0.15, 0.2) is 0 Å². The van der Waals surface area contributed by atoms with Crippen LogP contribution in [0.25, 0.3) is 0 Å². The highest BCUT2D eigenvalue weighted by atomic mass is 16.9. The van der Waals surface area contributed by atoms with E-state index >= 15 is 0 Å². The van der Waals surface area contributed by atoms with Crippen molar-refractivity contribution in [3.05, 3.63) is 0 Å². The second kappa shape index (κ2) is 2.82. The fraction of sp³-hybridized carbons (Fsp3) is 0.909. The summed E-state index contributed by atoms with van der Waals surface area (Å²) in [7, 11) is 0. The topological polar surface area (TPSA) is 143 Å². The number of nitrogens with one attached hydrogen (secondary N) is 2. The van der Waals surface area contributed by atoms with Gasteiger partial charge in [0.1, 0.15) is 36.0 Å². The molecule has 0 radical (unpaired) electrons. The third-order valence-electron chi connectivity index (χ3n) is 5.40. The molecule has 5 aliphatic heterocycles. The molecule has 5 fully saturated rings. The minimum Gasteiger partial charge on any atom is -0.805 e. The summed E-state index contributed by atoms with van der Waals surface area (Å²) < 4.78 is 16.4. The number of hydrogen-bond acceptors (Lipinski definition) is 8. The highest BCUT2D eigenvalue weighted by Gasteiger charge is 2.85. The molecule has 4 saturated heterocycles. The molecule has 0 aromatic heterocycles. The lowest BCUT2D eigenvalue weighted by Crippen LogP contribution is -2.99. The molecule has 7 bridgehead atoms. The van der Waals surface area contributed by atoms with E-state index in [4.69, 9.17) is 19.9 Å². The Balaban J connectivity index is 1.79. The van der Waals surface area contributed by atoms with Crippen LogP contribution in [0.4, 0.5) is 0 Å². The molecule has 6 rings (SSSR count). The molecule has 1 saturated carbocycles. The molecule has 0 amide bonds. The molecule has 9 atom stereocenters. The van der Waals surface area contributed by atoms with Crippen molar-refractivity contribution in [1.82, 2.24) is 5.32 Å². The lowest BCUT2D eigenvalue weighted by Gasteiger charge is -2.70. The summed E-state index contributed by atoms with van der Waals surface area (Å²) in [6.07, 6.45) is -4.63. The lowest BCUT2D eigenvalue weighted by atomic mass is 9.57. The first-order valence-electron chi connectivity index (χ1n) is 6.60. The van der Waals surface area contributed by atoms with Crippen LogP contribution < -0.4 is 21.1 Å². The Bertz CT molecular complexity index is 554. The van der Waals surface area contributed by atoms with E-state index in [-0.39, 0.29) is 5.96 Å². The van der Waals surface area contributed by atoms with Crippen molar-refractivity contribution < 1.29 is 34.5 Å². The van der Waals surface area contributed by atoms with Crippen LogP contribution in [-0.2, 0) is 14.2 Å². The Morgan fingerprint density at radius 1 is 1.40 bits per heavy atom. The highest BCUT2D eigenvalue weighted by molar-refractivity contribution is 5.74. The predicted octanol–water partition coefficient (Wildman–Crippen LogP) is -6.00. The van der Waals surface area contributed by atoms with Gasteiger partial charge in [-0.2, -0.15) is 0 Å². The van der Waals surface area contributed by atoms with Crippen LogP contribution in [0.5, 0.6) is 0 Å². The smallest absolute Gasteiger partial charge is 0.343 e. The molecule has 0 aromatic carbocycles. The minimum atomic E-state index is -2.25. The quantitative estimate of drug-likeness (QED) is 0.296. The van der Waals surface area contributed by atoms with Gasteiger partial charge in [-0.25, -0.2) is 0 Å². The molecule has 110 valence electrons. The van der Waals surface area contributed by atoms with Gasteiger partial charge >= 0.3 is 5.96 Å². The Morgan fingerprint density at radius 3 is 2.85 bits per heavy atom. The number of aliphatic hydroxyl groups is 2. The summed E-state index contributed by atoms with van der Waals surface area (Å²) >= 11 is 0. The minimum absolute atomic E-state index is 0.234. The summed E-state index contributed by atoms with van der Waals surface area (Å²) in [5, 5.41) is 37.0. The predicted molar refractivity (Wildman–Crippen MR) is 57.3 cm³/mol. The summed E-state index contributed by atoms with van der Waals surface area (Å²) in [4.78, 5) is 2.88. The van der Waals surface area contributed by atoms with Gasteiger partial charge in [-0.05, 0) is 6.92 Å². The van der Waals surface area contributed by atoms with Gasteiger partial charge in [0.25, 0.3) is 0 Å². The van der Waals surface area contributed by atoms with Gasteiger partial charge in [0.15, 0.2) is 11.8 Å². The molecular formula is C11H15N3O6. The van der Waals surface area contributed by atoms with Crippen molar-refractivity contribution in [2.45, 2.75) is 54.7 Å². The number of aliphatic hydroxyl groups excluding tert-OH is 1. The van der Waals surface area contributed by atoms with Gasteiger partial charge in [0.05, 0.1) is 5.92 Å². The molecule has 6 aliphatic rings. The van der Waals surface area contributed by atoms with E-state index in [1.54, 1.807) is 0 Å². The molecule has 1 unspecified atom stereocenters. The molecule has 6 N–H and O–H groups in total. The van der Waals surface area contributed by atoms with Gasteiger partial charge in [-0.15, -0.1) is 0 Å². The third-order valence-corrected chi connectivity index (χ3v) is 5.40. The standard InChI is InChI=1S/C11H14N3O6/c1-9(16)4-2-6-13-8(12)14-10(2)3(15)5(9)20-11(17,19-4)7(10)18-6/h2-7,15-16H,1H3,(H3,12,13,14)/q-1/p+1/t2-,3?,4-,5+,6+,7+,9+,10-,11+/m1/s1. The van der Waals surface area contributed by atoms with Crippen LogP contribution in [0.3, 0.4) is 0 Å². The van der Waals surface area contributed by atoms with E-state index < -0.39 is 53.7 Å². The average Bonchev–Trinajstić information content (AvgIpc) is 2.51. The maximum absolute atomic E-state index is 12.8. The average molecular weight is 285 g/mol. The fourth-order valence-electron chi connectivity index (χ4n) is 4.65. The summed E-state index contributed by atoms with van der Waals surface area (Å²) in [5.41, 5.74) is 3.21. The second-order valence-electron chi connectivity index (χ2n) is 6.43. The van der Waals surface area contributed by atoms with Crippen LogP contribution in [0, 0.1) is 5.92 Å². The molecule has 9 nitrogen and oxygen atoms in total. The summed E-state index contributed by atoms with van der Waals surface area (Å²) in [6, 6.07) is 0. The van der Waals surface area contributed by atoms with Crippen molar-refractivity contribution in [3.63, 3.8) is 0 Å². The van der Waals surface area contributed by atoms with E-state index in [0.717, 1.165) is 0 Å². The van der Waals surface area contributed by atoms with Crippen molar-refractivity contribution in [3.8, 4) is 0 Å². The third kappa shape index (κ3) is 0.892. The van der Waals surface area contributed by atoms with Crippen molar-refractivity contribution in [2.24, 2.45) is 11.7 Å². The maximum atomic E-state index is 12.8. The van der Waals surface area contributed by atoms with Crippen LogP contribution in [0.2, 0.25) is 0 Å². The van der Waals surface area contributed by atoms with Crippen LogP contribution in [-0.4, -0.2) is 63.9 Å². The Hall–Kier alpha value is -0.970. The zero-order valence-electron chi connectivity index (χ0n) is 10.6. The van der Waals surface area contributed by atoms with E-state index in [0.29, 0.717) is 0 Å². The molecule has 5 heterocycles. The summed E-state index contributed by atoms with van der Waals surface area (Å²) in [6.45, 7) is 1.50. The van der Waals surface area contributed by atoms with Gasteiger partial charge in [0.2, 0.25) is 0 Å². The number of rotatable bonds is 0. The highest BCUT2D eigenvalue weighted by Crippen LogP contribution is 2.61. The molecule has 9 heteroatoms. The monoisotopic (exact) mass is 285 g/mol. The molecule has 20 heavy (non-hydrogen) atoms. The summed E-state index contributed by atoms with van der Waals surface area (Å²) in [5.74, 6) is -2.45. The van der Waals surface area contributed by atoms with E-state index in [2.05, 4.69) is 10.3 Å². The van der Waals surface area contributed by atoms with E-state index in [1.165, 1.54) is 6.92 Å². The first kappa shape index (κ1) is 11.7. The number of guanidine groups is 1. The Kier molecular flexibility index (Phi) is 1.65. The first-order chi connectivity index (χ1) is 9.31. The number of nitrogens with two attached hydrogens (primary N) is 1. The van der Waals surface area contributed by atoms with E-state index in [1.807, 2.05) is 0 Å². The number of hydrogen-bond donors (Lipinski definition) is 5. The second-order valence-corrected chi connectivity index (χ2v) is 6.43. The normalized spacial score (nSPS) is 68.9. The molecule has 1 spiro atoms. The largest absolute Gasteiger partial charge is 0.805 e. The van der Waals surface area contributed by atoms with Gasteiger partial charge in [0, 0.05) is 0 Å². The van der Waals surface area contributed by atoms with Crippen molar-refractivity contribution >= 4 is 5.96 Å². The Labute approximate surface area is 113 Å². The SMILES string of the molecule is C[C@]1(O)[C@@H]2O[C@]3([O-])O[C@H]1C(O)[C@@]14NC(N)=[NH+][C@@H](O[C@H]31)[C@@H]24. The zero-order chi connectivity index (χ0) is 14.1. The van der Waals surface area contributed by atoms with Crippen molar-refractivity contribution in [2.75, 3.05) is 0 Å². The fourth-order valence-corrected chi connectivity index (χ4v) is 4.65. The van der Waals surface area contributed by atoms with Crippen LogP contribution in [0.1, 0.15) is 6.92 Å². The first-order valence-corrected chi connectivity index (χ1v) is 6.60. The molecule has 0 aromatic rings. The Morgan fingerprint density at radius 2 is 2.10 bits per heavy atom. The number of ether oxygens (including phenoxy) is 3. The van der Waals surface area contributed by atoms with E-state index in [9.17, 15) is 15.3 Å².